The third-order valence-corrected chi connectivity index (χ3v) is 10.5. The van der Waals surface area contributed by atoms with E-state index in [-0.39, 0.29) is 34.2 Å². The van der Waals surface area contributed by atoms with Crippen LogP contribution in [-0.4, -0.2) is 43.7 Å². The zero-order valence-corrected chi connectivity index (χ0v) is 22.4. The molecular weight excluding hydrogens is 470 g/mol. The van der Waals surface area contributed by atoms with Gasteiger partial charge in [-0.15, -0.1) is 11.3 Å². The molecule has 0 amide bonds. The Morgan fingerprint density at radius 3 is 2.29 bits per heavy atom. The first kappa shape index (κ1) is 25.1. The van der Waals surface area contributed by atoms with Gasteiger partial charge in [0.2, 0.25) is 15.8 Å². The number of carbonyl (C=O) groups excluding carboxylic acids is 2. The zero-order chi connectivity index (χ0) is 25.1. The number of thiophene rings is 1. The lowest BCUT2D eigenvalue weighted by molar-refractivity contribution is 0.0531. The molecule has 2 aliphatic rings. The first-order chi connectivity index (χ1) is 15.8. The fourth-order valence-corrected chi connectivity index (χ4v) is 8.88. The number of carbonyl (C=O) groups is 2. The number of ketones is 1. The molecule has 0 N–H and O–H groups in total. The molecule has 2 bridgehead atoms. The van der Waals surface area contributed by atoms with E-state index in [2.05, 4.69) is 20.8 Å². The van der Waals surface area contributed by atoms with Gasteiger partial charge in [-0.05, 0) is 86.3 Å². The summed E-state index contributed by atoms with van der Waals surface area (Å²) in [4.78, 5) is 26.5. The van der Waals surface area contributed by atoms with Gasteiger partial charge >= 0.3 is 5.97 Å². The van der Waals surface area contributed by atoms with E-state index in [4.69, 9.17) is 4.74 Å². The van der Waals surface area contributed by atoms with Gasteiger partial charge in [0.05, 0.1) is 16.4 Å². The molecule has 1 saturated heterocycles. The number of hydrogen-bond acceptors (Lipinski definition) is 6. The van der Waals surface area contributed by atoms with Crippen molar-refractivity contribution in [3.8, 4) is 0 Å². The maximum atomic E-state index is 13.5. The van der Waals surface area contributed by atoms with E-state index >= 15 is 0 Å². The van der Waals surface area contributed by atoms with Gasteiger partial charge in [-0.1, -0.05) is 20.8 Å². The summed E-state index contributed by atoms with van der Waals surface area (Å²) in [5, 5.41) is 0. The van der Waals surface area contributed by atoms with Gasteiger partial charge in [-0.3, -0.25) is 4.79 Å². The molecular formula is C26H33NO5S2. The average molecular weight is 504 g/mol. The highest BCUT2D eigenvalue weighted by atomic mass is 32.2. The van der Waals surface area contributed by atoms with Crippen LogP contribution in [0.5, 0.6) is 0 Å². The Kier molecular flexibility index (Phi) is 6.32. The smallest absolute Gasteiger partial charge is 0.348 e. The van der Waals surface area contributed by atoms with Crippen LogP contribution in [0.15, 0.2) is 29.2 Å². The van der Waals surface area contributed by atoms with Crippen LogP contribution in [0, 0.1) is 24.7 Å². The van der Waals surface area contributed by atoms with Crippen molar-refractivity contribution in [2.24, 2.45) is 10.8 Å². The molecule has 4 rings (SSSR count). The Morgan fingerprint density at radius 1 is 1.06 bits per heavy atom. The summed E-state index contributed by atoms with van der Waals surface area (Å²) in [7, 11) is -3.65. The second-order valence-corrected chi connectivity index (χ2v) is 13.8. The molecule has 1 aliphatic carbocycles. The molecule has 1 aromatic heterocycles. The van der Waals surface area contributed by atoms with Gasteiger partial charge in [0.15, 0.2) is 0 Å². The molecule has 0 radical (unpaired) electrons. The quantitative estimate of drug-likeness (QED) is 0.391. The molecule has 34 heavy (non-hydrogen) atoms. The normalized spacial score (nSPS) is 24.2. The second kappa shape index (κ2) is 8.57. The van der Waals surface area contributed by atoms with Gasteiger partial charge in [-0.25, -0.2) is 13.2 Å². The van der Waals surface area contributed by atoms with Crippen LogP contribution in [0.3, 0.4) is 0 Å². The minimum absolute atomic E-state index is 0.000579. The zero-order valence-electron chi connectivity index (χ0n) is 20.7. The summed E-state index contributed by atoms with van der Waals surface area (Å²) >= 11 is 1.13. The topological polar surface area (TPSA) is 80.8 Å². The third-order valence-electron chi connectivity index (χ3n) is 7.20. The number of fused-ring (bicyclic) bond motifs is 2. The first-order valence-corrected chi connectivity index (χ1v) is 14.0. The van der Waals surface area contributed by atoms with E-state index < -0.39 is 16.0 Å². The summed E-state index contributed by atoms with van der Waals surface area (Å²) in [6.07, 6.45) is 2.77. The fraction of sp³-hybridized carbons (Fsp3) is 0.538. The van der Waals surface area contributed by atoms with Gasteiger partial charge < -0.3 is 4.74 Å². The molecule has 2 aromatic rings. The Hall–Kier alpha value is -2.03. The van der Waals surface area contributed by atoms with Crippen LogP contribution in [0.2, 0.25) is 0 Å². The van der Waals surface area contributed by atoms with E-state index in [0.29, 0.717) is 21.9 Å². The SMILES string of the molecule is CCOC(=O)c1sc(C(=O)c2ccc(S(=O)(=O)N3C[C@@]4(C)C[C@H]3CC(C)(C)C4)cc2)c(C)c1C. The summed E-state index contributed by atoms with van der Waals surface area (Å²) < 4.78 is 33.8. The number of nitrogens with zero attached hydrogens (tertiary/aromatic N) is 1. The van der Waals surface area contributed by atoms with Crippen molar-refractivity contribution in [3.05, 3.63) is 50.7 Å². The van der Waals surface area contributed by atoms with Crippen LogP contribution in [0.1, 0.15) is 83.0 Å². The predicted molar refractivity (Wildman–Crippen MR) is 133 cm³/mol. The van der Waals surface area contributed by atoms with Crippen molar-refractivity contribution in [1.29, 1.82) is 0 Å². The lowest BCUT2D eigenvalue weighted by Gasteiger charge is -2.39. The molecule has 1 saturated carbocycles. The number of hydrogen-bond donors (Lipinski definition) is 0. The van der Waals surface area contributed by atoms with Crippen LogP contribution in [0.4, 0.5) is 0 Å². The molecule has 1 aliphatic heterocycles. The number of benzene rings is 1. The van der Waals surface area contributed by atoms with Crippen molar-refractivity contribution < 1.29 is 22.7 Å². The first-order valence-electron chi connectivity index (χ1n) is 11.7. The highest BCUT2D eigenvalue weighted by molar-refractivity contribution is 7.89. The lowest BCUT2D eigenvalue weighted by Crippen LogP contribution is -2.37. The second-order valence-electron chi connectivity index (χ2n) is 10.8. The van der Waals surface area contributed by atoms with E-state index in [1.165, 1.54) is 12.1 Å². The standard InChI is InChI=1S/C26H33NO5S2/c1-7-32-24(29)23-17(3)16(2)22(33-23)21(28)18-8-10-20(11-9-18)34(30,31)27-15-26(6)13-19(27)12-25(4,5)14-26/h8-11,19H,7,12-15H2,1-6H3/t19-,26+/m1/s1. The van der Waals surface area contributed by atoms with Crippen LogP contribution in [-0.2, 0) is 14.8 Å². The summed E-state index contributed by atoms with van der Waals surface area (Å²) in [5.74, 6) is -0.655. The number of ether oxygens (including phenoxy) is 1. The molecule has 0 spiro atoms. The Labute approximate surface area is 206 Å². The fourth-order valence-electron chi connectivity index (χ4n) is 5.94. The highest BCUT2D eigenvalue weighted by Gasteiger charge is 2.53. The Morgan fingerprint density at radius 2 is 1.68 bits per heavy atom. The Balaban J connectivity index is 1.59. The summed E-state index contributed by atoms with van der Waals surface area (Å²) in [6.45, 7) is 12.8. The van der Waals surface area contributed by atoms with Crippen LogP contribution in [0.25, 0.3) is 0 Å². The minimum atomic E-state index is -3.65. The van der Waals surface area contributed by atoms with Gasteiger partial charge in [-0.2, -0.15) is 4.31 Å². The molecule has 8 heteroatoms. The maximum absolute atomic E-state index is 13.5. The van der Waals surface area contributed by atoms with Crippen molar-refractivity contribution in [1.82, 2.24) is 4.31 Å². The van der Waals surface area contributed by atoms with E-state index in [1.54, 1.807) is 30.3 Å². The molecule has 184 valence electrons. The average Bonchev–Trinajstić information content (AvgIpc) is 3.19. The van der Waals surface area contributed by atoms with Gasteiger partial charge in [0, 0.05) is 18.2 Å². The maximum Gasteiger partial charge on any atom is 0.348 e. The van der Waals surface area contributed by atoms with Crippen molar-refractivity contribution >= 4 is 33.1 Å². The lowest BCUT2D eigenvalue weighted by atomic mass is 9.65. The Bertz CT molecular complexity index is 1240. The molecule has 2 atom stereocenters. The predicted octanol–water partition coefficient (Wildman–Crippen LogP) is 5.36. The third kappa shape index (κ3) is 4.36. The van der Waals surface area contributed by atoms with Gasteiger partial charge in [0.1, 0.15) is 4.88 Å². The number of rotatable bonds is 6. The highest BCUT2D eigenvalue weighted by Crippen LogP contribution is 2.53. The number of sulfonamides is 1. The monoisotopic (exact) mass is 503 g/mol. The van der Waals surface area contributed by atoms with Gasteiger partial charge in [0.25, 0.3) is 0 Å². The largest absolute Gasteiger partial charge is 0.462 e. The molecule has 6 nitrogen and oxygen atoms in total. The molecule has 0 unspecified atom stereocenters. The molecule has 1 aromatic carbocycles. The molecule has 2 fully saturated rings. The van der Waals surface area contributed by atoms with Crippen molar-refractivity contribution in [2.75, 3.05) is 13.2 Å². The minimum Gasteiger partial charge on any atom is -0.462 e. The number of esters is 1. The summed E-state index contributed by atoms with van der Waals surface area (Å²) in [6, 6.07) is 6.21. The van der Waals surface area contributed by atoms with Crippen molar-refractivity contribution in [2.45, 2.75) is 71.7 Å². The molecule has 2 heterocycles. The van der Waals surface area contributed by atoms with Crippen molar-refractivity contribution in [3.63, 3.8) is 0 Å². The summed E-state index contributed by atoms with van der Waals surface area (Å²) in [5.41, 5.74) is 2.00. The van der Waals surface area contributed by atoms with E-state index in [9.17, 15) is 18.0 Å². The van der Waals surface area contributed by atoms with E-state index in [0.717, 1.165) is 41.7 Å². The van der Waals surface area contributed by atoms with E-state index in [1.807, 2.05) is 6.92 Å². The van der Waals surface area contributed by atoms with Crippen LogP contribution < -0.4 is 0 Å². The van der Waals surface area contributed by atoms with Crippen LogP contribution >= 0.6 is 11.3 Å².